The van der Waals surface area contributed by atoms with Crippen LogP contribution in [-0.4, -0.2) is 55.6 Å². The number of rotatable bonds is 4. The van der Waals surface area contributed by atoms with Crippen molar-refractivity contribution in [2.24, 2.45) is 11.7 Å². The van der Waals surface area contributed by atoms with Gasteiger partial charge in [-0.25, -0.2) is 0 Å². The SMILES string of the molecule is CN1CCCC(N(C)C(CN)C2CCCCC2)C1. The molecule has 2 atom stereocenters. The molecular weight excluding hydrogens is 222 g/mol. The maximum absolute atomic E-state index is 6.09. The molecule has 2 aliphatic rings. The molecule has 3 nitrogen and oxygen atoms in total. The Morgan fingerprint density at radius 1 is 1.17 bits per heavy atom. The number of nitrogens with two attached hydrogens (primary N) is 1. The van der Waals surface area contributed by atoms with Gasteiger partial charge in [0.15, 0.2) is 0 Å². The van der Waals surface area contributed by atoms with Gasteiger partial charge >= 0.3 is 0 Å². The molecule has 0 bridgehead atoms. The highest BCUT2D eigenvalue weighted by molar-refractivity contribution is 4.87. The second-order valence-corrected chi connectivity index (χ2v) is 6.42. The van der Waals surface area contributed by atoms with E-state index >= 15 is 0 Å². The minimum absolute atomic E-state index is 0.613. The fraction of sp³-hybridized carbons (Fsp3) is 1.00. The lowest BCUT2D eigenvalue weighted by Gasteiger charge is -2.43. The van der Waals surface area contributed by atoms with Gasteiger partial charge in [0, 0.05) is 25.2 Å². The van der Waals surface area contributed by atoms with Crippen LogP contribution in [0.4, 0.5) is 0 Å². The predicted molar refractivity (Wildman–Crippen MR) is 77.7 cm³/mol. The standard InChI is InChI=1S/C15H31N3/c1-17-10-6-9-14(12-17)18(2)15(11-16)13-7-4-3-5-8-13/h13-15H,3-12,16H2,1-2H3. The normalized spacial score (nSPS) is 29.7. The Labute approximate surface area is 113 Å². The van der Waals surface area contributed by atoms with Gasteiger partial charge in [0.1, 0.15) is 0 Å². The minimum Gasteiger partial charge on any atom is -0.329 e. The highest BCUT2D eigenvalue weighted by atomic mass is 15.2. The Hall–Kier alpha value is -0.120. The van der Waals surface area contributed by atoms with Gasteiger partial charge in [-0.05, 0) is 52.2 Å². The number of likely N-dealkylation sites (tertiary alicyclic amines) is 1. The van der Waals surface area contributed by atoms with E-state index in [1.807, 2.05) is 0 Å². The third-order valence-corrected chi connectivity index (χ3v) is 5.13. The van der Waals surface area contributed by atoms with Crippen molar-refractivity contribution in [3.05, 3.63) is 0 Å². The second kappa shape index (κ2) is 6.88. The molecule has 0 aromatic rings. The van der Waals surface area contributed by atoms with E-state index in [2.05, 4.69) is 23.9 Å². The lowest BCUT2D eigenvalue weighted by molar-refractivity contribution is 0.0642. The summed E-state index contributed by atoms with van der Waals surface area (Å²) in [7, 11) is 4.56. The smallest absolute Gasteiger partial charge is 0.0247 e. The molecule has 0 aromatic carbocycles. The van der Waals surface area contributed by atoms with Gasteiger partial charge in [-0.2, -0.15) is 0 Å². The van der Waals surface area contributed by atoms with Gasteiger partial charge in [0.2, 0.25) is 0 Å². The van der Waals surface area contributed by atoms with Crippen LogP contribution in [0.15, 0.2) is 0 Å². The average molecular weight is 253 g/mol. The van der Waals surface area contributed by atoms with Crippen LogP contribution in [-0.2, 0) is 0 Å². The molecule has 2 fully saturated rings. The summed E-state index contributed by atoms with van der Waals surface area (Å²) in [4.78, 5) is 5.09. The van der Waals surface area contributed by atoms with Gasteiger partial charge in [-0.3, -0.25) is 4.90 Å². The number of hydrogen-bond donors (Lipinski definition) is 1. The molecule has 0 radical (unpaired) electrons. The van der Waals surface area contributed by atoms with E-state index in [0.29, 0.717) is 6.04 Å². The molecule has 3 heteroatoms. The van der Waals surface area contributed by atoms with Crippen molar-refractivity contribution in [1.82, 2.24) is 9.80 Å². The fourth-order valence-electron chi connectivity index (χ4n) is 3.95. The van der Waals surface area contributed by atoms with Crippen LogP contribution in [0.3, 0.4) is 0 Å². The monoisotopic (exact) mass is 253 g/mol. The fourth-order valence-corrected chi connectivity index (χ4v) is 3.95. The summed E-state index contributed by atoms with van der Waals surface area (Å²) in [6.07, 6.45) is 9.75. The molecule has 2 rings (SSSR count). The van der Waals surface area contributed by atoms with E-state index in [-0.39, 0.29) is 0 Å². The van der Waals surface area contributed by atoms with Crippen molar-refractivity contribution < 1.29 is 0 Å². The Morgan fingerprint density at radius 2 is 1.89 bits per heavy atom. The molecule has 0 amide bonds. The number of piperidine rings is 1. The van der Waals surface area contributed by atoms with Crippen LogP contribution < -0.4 is 5.73 Å². The minimum atomic E-state index is 0.613. The lowest BCUT2D eigenvalue weighted by Crippen LogP contribution is -2.53. The summed E-state index contributed by atoms with van der Waals surface area (Å²) in [6.45, 7) is 3.32. The predicted octanol–water partition coefficient (Wildman–Crippen LogP) is 1.92. The Morgan fingerprint density at radius 3 is 2.50 bits per heavy atom. The Kier molecular flexibility index (Phi) is 5.46. The van der Waals surface area contributed by atoms with E-state index in [1.54, 1.807) is 0 Å². The summed E-state index contributed by atoms with van der Waals surface area (Å²) in [5, 5.41) is 0. The van der Waals surface area contributed by atoms with Crippen LogP contribution in [0.2, 0.25) is 0 Å². The van der Waals surface area contributed by atoms with Crippen molar-refractivity contribution in [3.8, 4) is 0 Å². The zero-order valence-corrected chi connectivity index (χ0v) is 12.3. The van der Waals surface area contributed by atoms with Crippen LogP contribution in [0, 0.1) is 5.92 Å². The molecule has 1 aliphatic carbocycles. The molecule has 0 spiro atoms. The third-order valence-electron chi connectivity index (χ3n) is 5.13. The molecule has 106 valence electrons. The number of likely N-dealkylation sites (N-methyl/N-ethyl adjacent to an activating group) is 2. The molecule has 1 saturated carbocycles. The average Bonchev–Trinajstić information content (AvgIpc) is 2.41. The largest absolute Gasteiger partial charge is 0.329 e. The topological polar surface area (TPSA) is 32.5 Å². The quantitative estimate of drug-likeness (QED) is 0.831. The first-order valence-corrected chi connectivity index (χ1v) is 7.83. The van der Waals surface area contributed by atoms with Gasteiger partial charge in [0.25, 0.3) is 0 Å². The molecule has 18 heavy (non-hydrogen) atoms. The van der Waals surface area contributed by atoms with Gasteiger partial charge in [-0.15, -0.1) is 0 Å². The molecule has 2 N–H and O–H groups in total. The third kappa shape index (κ3) is 3.46. The maximum Gasteiger partial charge on any atom is 0.0247 e. The first-order valence-electron chi connectivity index (χ1n) is 7.83. The zero-order chi connectivity index (χ0) is 13.0. The van der Waals surface area contributed by atoms with Crippen molar-refractivity contribution in [1.29, 1.82) is 0 Å². The van der Waals surface area contributed by atoms with Crippen LogP contribution in [0.5, 0.6) is 0 Å². The number of hydrogen-bond acceptors (Lipinski definition) is 3. The zero-order valence-electron chi connectivity index (χ0n) is 12.3. The summed E-state index contributed by atoms with van der Waals surface area (Å²) >= 11 is 0. The highest BCUT2D eigenvalue weighted by Gasteiger charge is 2.31. The molecule has 2 unspecified atom stereocenters. The first kappa shape index (κ1) is 14.3. The molecular formula is C15H31N3. The maximum atomic E-state index is 6.09. The summed E-state index contributed by atoms with van der Waals surface area (Å²) in [5.41, 5.74) is 6.09. The molecule has 1 saturated heterocycles. The van der Waals surface area contributed by atoms with E-state index in [0.717, 1.165) is 18.5 Å². The molecule has 1 aliphatic heterocycles. The lowest BCUT2D eigenvalue weighted by atomic mass is 9.82. The second-order valence-electron chi connectivity index (χ2n) is 6.42. The van der Waals surface area contributed by atoms with Crippen LogP contribution in [0.1, 0.15) is 44.9 Å². The highest BCUT2D eigenvalue weighted by Crippen LogP contribution is 2.30. The van der Waals surface area contributed by atoms with Crippen molar-refractivity contribution in [3.63, 3.8) is 0 Å². The Balaban J connectivity index is 1.93. The Bertz CT molecular complexity index is 238. The van der Waals surface area contributed by atoms with Crippen LogP contribution in [0.25, 0.3) is 0 Å². The summed E-state index contributed by atoms with van der Waals surface area (Å²) in [6, 6.07) is 1.33. The van der Waals surface area contributed by atoms with E-state index in [1.165, 1.54) is 58.0 Å². The van der Waals surface area contributed by atoms with E-state index in [4.69, 9.17) is 5.73 Å². The van der Waals surface area contributed by atoms with E-state index < -0.39 is 0 Å². The van der Waals surface area contributed by atoms with E-state index in [9.17, 15) is 0 Å². The summed E-state index contributed by atoms with van der Waals surface area (Å²) < 4.78 is 0. The first-order chi connectivity index (χ1) is 8.72. The van der Waals surface area contributed by atoms with Gasteiger partial charge in [0.05, 0.1) is 0 Å². The van der Waals surface area contributed by atoms with Gasteiger partial charge < -0.3 is 10.6 Å². The summed E-state index contributed by atoms with van der Waals surface area (Å²) in [5.74, 6) is 0.848. The number of nitrogens with zero attached hydrogens (tertiary/aromatic N) is 2. The van der Waals surface area contributed by atoms with Crippen molar-refractivity contribution >= 4 is 0 Å². The molecule has 1 heterocycles. The van der Waals surface area contributed by atoms with Crippen molar-refractivity contribution in [2.45, 2.75) is 57.0 Å². The molecule has 0 aromatic heterocycles. The van der Waals surface area contributed by atoms with Crippen LogP contribution >= 0.6 is 0 Å². The van der Waals surface area contributed by atoms with Gasteiger partial charge in [-0.1, -0.05) is 19.3 Å². The van der Waals surface area contributed by atoms with Crippen molar-refractivity contribution in [2.75, 3.05) is 33.7 Å².